The molecule has 1 N–H and O–H groups in total. The van der Waals surface area contributed by atoms with Crippen LogP contribution in [0.15, 0.2) is 48.7 Å². The molecule has 0 aliphatic rings. The van der Waals surface area contributed by atoms with Crippen molar-refractivity contribution in [3.63, 3.8) is 0 Å². The molecule has 1 amide bonds. The van der Waals surface area contributed by atoms with Gasteiger partial charge in [0.05, 0.1) is 18.0 Å². The summed E-state index contributed by atoms with van der Waals surface area (Å²) in [4.78, 5) is 12.3. The molecule has 3 rings (SSSR count). The van der Waals surface area contributed by atoms with E-state index in [0.717, 1.165) is 17.0 Å². The Bertz CT molecular complexity index is 930. The molecular weight excluding hydrogens is 340 g/mol. The Kier molecular flexibility index (Phi) is 5.54. The molecule has 27 heavy (non-hydrogen) atoms. The number of aromatic nitrogens is 3. The molecule has 6 nitrogen and oxygen atoms in total. The number of rotatable bonds is 6. The van der Waals surface area contributed by atoms with Crippen molar-refractivity contribution in [3.8, 4) is 11.4 Å². The fourth-order valence-electron chi connectivity index (χ4n) is 2.59. The zero-order valence-electron chi connectivity index (χ0n) is 16.1. The zero-order valence-corrected chi connectivity index (χ0v) is 16.1. The van der Waals surface area contributed by atoms with Gasteiger partial charge in [-0.15, -0.1) is 5.10 Å². The van der Waals surface area contributed by atoms with E-state index in [-0.39, 0.29) is 17.7 Å². The molecule has 6 heteroatoms. The van der Waals surface area contributed by atoms with Gasteiger partial charge < -0.3 is 10.1 Å². The number of nitrogens with one attached hydrogen (secondary N) is 1. The van der Waals surface area contributed by atoms with E-state index in [1.165, 1.54) is 11.1 Å². The summed E-state index contributed by atoms with van der Waals surface area (Å²) in [5, 5.41) is 10.9. The maximum absolute atomic E-state index is 12.3. The molecule has 0 fully saturated rings. The first kappa shape index (κ1) is 18.6. The van der Waals surface area contributed by atoms with Crippen molar-refractivity contribution in [2.75, 3.05) is 0 Å². The molecule has 0 bridgehead atoms. The summed E-state index contributed by atoms with van der Waals surface area (Å²) < 4.78 is 7.23. The first-order valence-corrected chi connectivity index (χ1v) is 8.96. The molecule has 1 heterocycles. The van der Waals surface area contributed by atoms with Gasteiger partial charge in [-0.05, 0) is 68.7 Å². The van der Waals surface area contributed by atoms with E-state index in [1.54, 1.807) is 10.9 Å². The number of aryl methyl sites for hydroxylation is 2. The number of hydrogen-bond donors (Lipinski definition) is 1. The molecular formula is C21H24N4O2. The minimum Gasteiger partial charge on any atom is -0.491 e. The highest BCUT2D eigenvalue weighted by molar-refractivity contribution is 5.91. The third-order valence-corrected chi connectivity index (χ3v) is 4.23. The normalized spacial score (nSPS) is 10.9. The number of carbonyl (C=O) groups excluding carboxylic acids is 1. The summed E-state index contributed by atoms with van der Waals surface area (Å²) in [5.41, 5.74) is 4.53. The van der Waals surface area contributed by atoms with Gasteiger partial charge in [0.1, 0.15) is 5.75 Å². The minimum absolute atomic E-state index is 0.135. The predicted molar refractivity (Wildman–Crippen MR) is 104 cm³/mol. The molecule has 0 atom stereocenters. The second kappa shape index (κ2) is 8.03. The van der Waals surface area contributed by atoms with Gasteiger partial charge in [-0.25, -0.2) is 4.68 Å². The molecule has 0 spiro atoms. The van der Waals surface area contributed by atoms with Crippen LogP contribution in [0.5, 0.6) is 5.75 Å². The number of nitrogens with zero attached hydrogens (tertiary/aromatic N) is 3. The lowest BCUT2D eigenvalue weighted by atomic mass is 10.1. The summed E-state index contributed by atoms with van der Waals surface area (Å²) in [6.07, 6.45) is 1.77. The van der Waals surface area contributed by atoms with Crippen LogP contribution in [0.1, 0.15) is 41.0 Å². The molecule has 0 aliphatic heterocycles. The largest absolute Gasteiger partial charge is 0.491 e. The predicted octanol–water partition coefficient (Wildman–Crippen LogP) is 3.60. The standard InChI is InChI=1S/C21H24N4O2/c1-14(2)27-19-9-6-17(7-10-19)12-22-21(26)20-13-25(24-23-20)18-8-5-15(3)16(4)11-18/h5-11,13-14H,12H2,1-4H3,(H,22,26). The van der Waals surface area contributed by atoms with E-state index in [4.69, 9.17) is 4.74 Å². The van der Waals surface area contributed by atoms with E-state index >= 15 is 0 Å². The fraction of sp³-hybridized carbons (Fsp3) is 0.286. The van der Waals surface area contributed by atoms with Crippen LogP contribution >= 0.6 is 0 Å². The number of amides is 1. The molecule has 0 unspecified atom stereocenters. The van der Waals surface area contributed by atoms with Crippen molar-refractivity contribution in [1.29, 1.82) is 0 Å². The molecule has 0 radical (unpaired) electrons. The molecule has 1 aromatic heterocycles. The second-order valence-corrected chi connectivity index (χ2v) is 6.81. The topological polar surface area (TPSA) is 69.0 Å². The lowest BCUT2D eigenvalue weighted by Gasteiger charge is -2.10. The smallest absolute Gasteiger partial charge is 0.273 e. The second-order valence-electron chi connectivity index (χ2n) is 6.81. The van der Waals surface area contributed by atoms with Crippen molar-refractivity contribution < 1.29 is 9.53 Å². The summed E-state index contributed by atoms with van der Waals surface area (Å²) in [7, 11) is 0. The Labute approximate surface area is 159 Å². The first-order valence-electron chi connectivity index (χ1n) is 8.96. The van der Waals surface area contributed by atoms with Crippen molar-refractivity contribution in [2.45, 2.75) is 40.3 Å². The lowest BCUT2D eigenvalue weighted by molar-refractivity contribution is 0.0946. The van der Waals surface area contributed by atoms with Gasteiger partial charge in [-0.1, -0.05) is 23.4 Å². The van der Waals surface area contributed by atoms with Crippen LogP contribution in [0.3, 0.4) is 0 Å². The van der Waals surface area contributed by atoms with Gasteiger partial charge in [0.25, 0.3) is 5.91 Å². The maximum Gasteiger partial charge on any atom is 0.273 e. The van der Waals surface area contributed by atoms with Crippen LogP contribution in [0.4, 0.5) is 0 Å². The van der Waals surface area contributed by atoms with Crippen molar-refractivity contribution in [2.24, 2.45) is 0 Å². The van der Waals surface area contributed by atoms with Gasteiger partial charge in [-0.3, -0.25) is 4.79 Å². The van der Waals surface area contributed by atoms with Gasteiger partial charge in [-0.2, -0.15) is 0 Å². The molecule has 2 aromatic carbocycles. The summed E-state index contributed by atoms with van der Waals surface area (Å²) in [6.45, 7) is 8.48. The minimum atomic E-state index is -0.257. The number of benzene rings is 2. The molecule has 140 valence electrons. The number of ether oxygens (including phenoxy) is 1. The highest BCUT2D eigenvalue weighted by atomic mass is 16.5. The highest BCUT2D eigenvalue weighted by Gasteiger charge is 2.12. The Hall–Kier alpha value is -3.15. The Balaban J connectivity index is 1.61. The Morgan fingerprint density at radius 1 is 1.11 bits per heavy atom. The van der Waals surface area contributed by atoms with Gasteiger partial charge in [0, 0.05) is 6.54 Å². The number of hydrogen-bond acceptors (Lipinski definition) is 4. The van der Waals surface area contributed by atoms with E-state index in [0.29, 0.717) is 6.54 Å². The Morgan fingerprint density at radius 3 is 2.52 bits per heavy atom. The number of carbonyl (C=O) groups is 1. The summed E-state index contributed by atoms with van der Waals surface area (Å²) in [6, 6.07) is 13.7. The maximum atomic E-state index is 12.3. The summed E-state index contributed by atoms with van der Waals surface area (Å²) >= 11 is 0. The van der Waals surface area contributed by atoms with E-state index in [1.807, 2.05) is 63.2 Å². The van der Waals surface area contributed by atoms with Crippen LogP contribution < -0.4 is 10.1 Å². The average Bonchev–Trinajstić information content (AvgIpc) is 3.13. The highest BCUT2D eigenvalue weighted by Crippen LogP contribution is 2.15. The lowest BCUT2D eigenvalue weighted by Crippen LogP contribution is -2.23. The molecule has 0 saturated heterocycles. The average molecular weight is 364 g/mol. The van der Waals surface area contributed by atoms with Gasteiger partial charge in [0.15, 0.2) is 5.69 Å². The quantitative estimate of drug-likeness (QED) is 0.726. The SMILES string of the molecule is Cc1ccc(-n2cc(C(=O)NCc3ccc(OC(C)C)cc3)nn2)cc1C. The van der Waals surface area contributed by atoms with Crippen LogP contribution in [-0.4, -0.2) is 27.0 Å². The first-order chi connectivity index (χ1) is 12.9. The Morgan fingerprint density at radius 2 is 1.85 bits per heavy atom. The van der Waals surface area contributed by atoms with E-state index in [9.17, 15) is 4.79 Å². The third kappa shape index (κ3) is 4.73. The monoisotopic (exact) mass is 364 g/mol. The molecule has 0 saturated carbocycles. The van der Waals surface area contributed by atoms with Crippen molar-refractivity contribution >= 4 is 5.91 Å². The molecule has 3 aromatic rings. The van der Waals surface area contributed by atoms with E-state index < -0.39 is 0 Å². The van der Waals surface area contributed by atoms with Gasteiger partial charge in [0.2, 0.25) is 0 Å². The van der Waals surface area contributed by atoms with Gasteiger partial charge >= 0.3 is 0 Å². The zero-order chi connectivity index (χ0) is 19.4. The van der Waals surface area contributed by atoms with Crippen LogP contribution in [-0.2, 0) is 6.54 Å². The fourth-order valence-corrected chi connectivity index (χ4v) is 2.59. The third-order valence-electron chi connectivity index (χ3n) is 4.23. The van der Waals surface area contributed by atoms with Crippen LogP contribution in [0.25, 0.3) is 5.69 Å². The van der Waals surface area contributed by atoms with Crippen molar-refractivity contribution in [3.05, 3.63) is 71.0 Å². The van der Waals surface area contributed by atoms with Crippen LogP contribution in [0.2, 0.25) is 0 Å². The molecule has 0 aliphatic carbocycles. The van der Waals surface area contributed by atoms with Crippen molar-refractivity contribution in [1.82, 2.24) is 20.3 Å². The summed E-state index contributed by atoms with van der Waals surface area (Å²) in [5.74, 6) is 0.559. The van der Waals surface area contributed by atoms with Crippen LogP contribution in [0, 0.1) is 13.8 Å². The van der Waals surface area contributed by atoms with E-state index in [2.05, 4.69) is 22.6 Å².